The van der Waals surface area contributed by atoms with Crippen LogP contribution in [0.1, 0.15) is 37.8 Å². The summed E-state index contributed by atoms with van der Waals surface area (Å²) in [5, 5.41) is 3.53. The van der Waals surface area contributed by atoms with Crippen molar-refractivity contribution in [1.29, 1.82) is 0 Å². The van der Waals surface area contributed by atoms with Gasteiger partial charge in [-0.25, -0.2) is 12.8 Å². The topological polar surface area (TPSA) is 71.4 Å². The van der Waals surface area contributed by atoms with Crippen LogP contribution in [0.5, 0.6) is 0 Å². The van der Waals surface area contributed by atoms with Gasteiger partial charge in [-0.1, -0.05) is 24.6 Å². The van der Waals surface area contributed by atoms with Gasteiger partial charge in [-0.3, -0.25) is 4.79 Å². The summed E-state index contributed by atoms with van der Waals surface area (Å²) in [5.41, 5.74) is 1.19. The summed E-state index contributed by atoms with van der Waals surface area (Å²) in [5.74, 6) is -0.602. The van der Waals surface area contributed by atoms with E-state index < -0.39 is 16.1 Å². The lowest BCUT2D eigenvalue weighted by molar-refractivity contribution is -0.123. The molecule has 0 saturated carbocycles. The summed E-state index contributed by atoms with van der Waals surface area (Å²) in [6.45, 7) is 2.98. The minimum atomic E-state index is -3.51. The van der Waals surface area contributed by atoms with Crippen molar-refractivity contribution in [3.63, 3.8) is 0 Å². The predicted molar refractivity (Wildman–Crippen MR) is 118 cm³/mol. The molecule has 1 amide bonds. The highest BCUT2D eigenvalue weighted by Gasteiger charge is 2.26. The molecule has 0 aliphatic carbocycles. The maximum absolute atomic E-state index is 13.8. The monoisotopic (exact) mass is 443 g/mol. The Morgan fingerprint density at radius 2 is 1.84 bits per heavy atom. The van der Waals surface area contributed by atoms with E-state index in [2.05, 4.69) is 5.32 Å². The third-order valence-corrected chi connectivity index (χ3v) is 7.75. The van der Waals surface area contributed by atoms with Gasteiger partial charge in [-0.2, -0.15) is 4.31 Å². The van der Waals surface area contributed by atoms with E-state index >= 15 is 0 Å². The van der Waals surface area contributed by atoms with Crippen molar-refractivity contribution in [2.45, 2.75) is 43.7 Å². The van der Waals surface area contributed by atoms with E-state index in [0.717, 1.165) is 30.2 Å². The number of nitrogens with one attached hydrogen (secondary N) is 1. The average Bonchev–Trinajstić information content (AvgIpc) is 3.21. The smallest absolute Gasteiger partial charge is 0.243 e. The lowest BCUT2D eigenvalue weighted by Gasteiger charge is -2.26. The van der Waals surface area contributed by atoms with Crippen molar-refractivity contribution in [2.75, 3.05) is 13.1 Å². The third-order valence-electron chi connectivity index (χ3n) is 5.85. The molecule has 8 heteroatoms. The molecule has 2 heterocycles. The SMILES string of the molecule is C[C@@H](C(=O)NCc1ccccc1F)n1ccc2cc(S(=O)(=O)N3CCCCC3)ccc21. The van der Waals surface area contributed by atoms with Gasteiger partial charge in [-0.15, -0.1) is 0 Å². The highest BCUT2D eigenvalue weighted by Crippen LogP contribution is 2.26. The van der Waals surface area contributed by atoms with E-state index in [1.165, 1.54) is 6.07 Å². The summed E-state index contributed by atoms with van der Waals surface area (Å²) >= 11 is 0. The molecule has 4 rings (SSSR count). The van der Waals surface area contributed by atoms with Crippen molar-refractivity contribution in [2.24, 2.45) is 0 Å². The van der Waals surface area contributed by atoms with Gasteiger partial charge >= 0.3 is 0 Å². The molecule has 0 bridgehead atoms. The second kappa shape index (κ2) is 8.80. The Balaban J connectivity index is 1.52. The first-order valence-corrected chi connectivity index (χ1v) is 11.9. The lowest BCUT2D eigenvalue weighted by Crippen LogP contribution is -2.35. The number of halogens is 1. The third kappa shape index (κ3) is 4.36. The van der Waals surface area contributed by atoms with Crippen LogP contribution in [0.3, 0.4) is 0 Å². The van der Waals surface area contributed by atoms with Crippen LogP contribution in [0.4, 0.5) is 4.39 Å². The molecule has 31 heavy (non-hydrogen) atoms. The fraction of sp³-hybridized carbons (Fsp3) is 0.348. The first-order valence-electron chi connectivity index (χ1n) is 10.5. The number of hydrogen-bond acceptors (Lipinski definition) is 3. The van der Waals surface area contributed by atoms with Crippen LogP contribution in [-0.4, -0.2) is 36.3 Å². The van der Waals surface area contributed by atoms with Crippen molar-refractivity contribution >= 4 is 26.8 Å². The summed E-state index contributed by atoms with van der Waals surface area (Å²) in [4.78, 5) is 12.9. The van der Waals surface area contributed by atoms with Crippen LogP contribution in [0.25, 0.3) is 10.9 Å². The molecule has 1 atom stereocenters. The Morgan fingerprint density at radius 1 is 1.10 bits per heavy atom. The molecule has 6 nitrogen and oxygen atoms in total. The zero-order chi connectivity index (χ0) is 22.0. The number of aromatic nitrogens is 1. The molecule has 0 radical (unpaired) electrons. The Hall–Kier alpha value is -2.71. The Labute approximate surface area is 181 Å². The van der Waals surface area contributed by atoms with Gasteiger partial charge in [-0.05, 0) is 50.1 Å². The summed E-state index contributed by atoms with van der Waals surface area (Å²) in [6, 6.07) is 12.6. The van der Waals surface area contributed by atoms with Crippen LogP contribution in [0.2, 0.25) is 0 Å². The van der Waals surface area contributed by atoms with Gasteiger partial charge in [0.1, 0.15) is 11.9 Å². The Kier molecular flexibility index (Phi) is 6.11. The van der Waals surface area contributed by atoms with E-state index in [9.17, 15) is 17.6 Å². The lowest BCUT2D eigenvalue weighted by atomic mass is 10.2. The normalized spacial score (nSPS) is 16.3. The van der Waals surface area contributed by atoms with Crippen LogP contribution >= 0.6 is 0 Å². The highest BCUT2D eigenvalue weighted by molar-refractivity contribution is 7.89. The molecule has 164 valence electrons. The highest BCUT2D eigenvalue weighted by atomic mass is 32.2. The second-order valence-electron chi connectivity index (χ2n) is 7.89. The molecule has 1 saturated heterocycles. The van der Waals surface area contributed by atoms with E-state index in [0.29, 0.717) is 18.7 Å². The minimum absolute atomic E-state index is 0.104. The van der Waals surface area contributed by atoms with E-state index in [-0.39, 0.29) is 23.2 Å². The van der Waals surface area contributed by atoms with E-state index in [1.807, 2.05) is 6.07 Å². The van der Waals surface area contributed by atoms with Crippen molar-refractivity contribution in [3.8, 4) is 0 Å². The standard InChI is InChI=1S/C23H26FN3O3S/c1-17(23(28)25-16-19-7-3-4-8-21(19)24)27-14-11-18-15-20(9-10-22(18)27)31(29,30)26-12-5-2-6-13-26/h3-4,7-11,14-15,17H,2,5-6,12-13,16H2,1H3,(H,25,28)/t17-/m0/s1. The number of carbonyl (C=O) groups excluding carboxylic acids is 1. The number of sulfonamides is 1. The molecule has 0 unspecified atom stereocenters. The quantitative estimate of drug-likeness (QED) is 0.629. The number of benzene rings is 2. The Morgan fingerprint density at radius 3 is 2.58 bits per heavy atom. The second-order valence-corrected chi connectivity index (χ2v) is 9.83. The molecule has 1 aromatic heterocycles. The number of fused-ring (bicyclic) bond motifs is 1. The molecule has 2 aromatic carbocycles. The van der Waals surface area contributed by atoms with Crippen molar-refractivity contribution in [3.05, 3.63) is 66.1 Å². The summed E-state index contributed by atoms with van der Waals surface area (Å²) < 4.78 is 43.0. The minimum Gasteiger partial charge on any atom is -0.350 e. The first-order chi connectivity index (χ1) is 14.9. The van der Waals surface area contributed by atoms with Crippen molar-refractivity contribution in [1.82, 2.24) is 14.2 Å². The molecule has 0 spiro atoms. The zero-order valence-corrected chi connectivity index (χ0v) is 18.2. The fourth-order valence-electron chi connectivity index (χ4n) is 3.99. The van der Waals surface area contributed by atoms with Gasteiger partial charge in [0, 0.05) is 42.3 Å². The predicted octanol–water partition coefficient (Wildman–Crippen LogP) is 3.83. The molecule has 1 aliphatic heterocycles. The molecule has 3 aromatic rings. The molecule has 1 aliphatic rings. The zero-order valence-electron chi connectivity index (χ0n) is 17.4. The Bertz CT molecular complexity index is 1200. The molecule has 1 fully saturated rings. The van der Waals surface area contributed by atoms with Crippen LogP contribution < -0.4 is 5.32 Å². The van der Waals surface area contributed by atoms with E-state index in [4.69, 9.17) is 0 Å². The molecule has 1 N–H and O–H groups in total. The summed E-state index contributed by atoms with van der Waals surface area (Å²) in [6.07, 6.45) is 4.61. The fourth-order valence-corrected chi connectivity index (χ4v) is 5.55. The average molecular weight is 444 g/mol. The maximum Gasteiger partial charge on any atom is 0.243 e. The largest absolute Gasteiger partial charge is 0.350 e. The van der Waals surface area contributed by atoms with Crippen LogP contribution in [0.15, 0.2) is 59.6 Å². The van der Waals surface area contributed by atoms with Gasteiger partial charge in [0.25, 0.3) is 0 Å². The number of piperidine rings is 1. The van der Waals surface area contributed by atoms with Crippen LogP contribution in [0, 0.1) is 5.82 Å². The maximum atomic E-state index is 13.8. The van der Waals surface area contributed by atoms with Gasteiger partial charge in [0.2, 0.25) is 15.9 Å². The number of rotatable bonds is 6. The molecular formula is C23H26FN3O3S. The first kappa shape index (κ1) is 21.5. The van der Waals surface area contributed by atoms with E-state index in [1.54, 1.807) is 58.4 Å². The number of amides is 1. The van der Waals surface area contributed by atoms with Gasteiger partial charge in [0.15, 0.2) is 0 Å². The summed E-state index contributed by atoms with van der Waals surface area (Å²) in [7, 11) is -3.51. The molecular weight excluding hydrogens is 417 g/mol. The van der Waals surface area contributed by atoms with Gasteiger partial charge in [0.05, 0.1) is 4.90 Å². The van der Waals surface area contributed by atoms with Crippen LogP contribution in [-0.2, 0) is 21.4 Å². The number of hydrogen-bond donors (Lipinski definition) is 1. The van der Waals surface area contributed by atoms with Crippen molar-refractivity contribution < 1.29 is 17.6 Å². The van der Waals surface area contributed by atoms with Gasteiger partial charge < -0.3 is 9.88 Å². The number of nitrogens with zero attached hydrogens (tertiary/aromatic N) is 2. The number of carbonyl (C=O) groups is 1.